The van der Waals surface area contributed by atoms with Gasteiger partial charge in [-0.2, -0.15) is 0 Å². The van der Waals surface area contributed by atoms with E-state index in [1.807, 2.05) is 13.8 Å². The molecule has 0 saturated heterocycles. The SMILES string of the molecule is CCOC(CCN(C)CCOCC1CC1)OCC. The van der Waals surface area contributed by atoms with E-state index in [9.17, 15) is 0 Å². The Labute approximate surface area is 112 Å². The summed E-state index contributed by atoms with van der Waals surface area (Å²) in [6.07, 6.45) is 3.58. The Morgan fingerprint density at radius 1 is 1.11 bits per heavy atom. The number of hydrogen-bond acceptors (Lipinski definition) is 4. The van der Waals surface area contributed by atoms with Gasteiger partial charge in [0, 0.05) is 39.3 Å². The van der Waals surface area contributed by atoms with Gasteiger partial charge in [-0.3, -0.25) is 0 Å². The topological polar surface area (TPSA) is 30.9 Å². The van der Waals surface area contributed by atoms with Crippen molar-refractivity contribution in [3.8, 4) is 0 Å². The first-order valence-corrected chi connectivity index (χ1v) is 7.25. The third-order valence-corrected chi connectivity index (χ3v) is 3.12. The molecule has 1 fully saturated rings. The Bertz CT molecular complexity index is 191. The van der Waals surface area contributed by atoms with Crippen LogP contribution >= 0.6 is 0 Å². The van der Waals surface area contributed by atoms with E-state index in [0.717, 1.165) is 38.6 Å². The van der Waals surface area contributed by atoms with E-state index in [1.165, 1.54) is 12.8 Å². The number of ether oxygens (including phenoxy) is 3. The Morgan fingerprint density at radius 3 is 2.33 bits per heavy atom. The second kappa shape index (κ2) is 9.73. The first-order valence-electron chi connectivity index (χ1n) is 7.25. The molecule has 1 aliphatic rings. The second-order valence-corrected chi connectivity index (χ2v) is 4.95. The molecule has 0 spiro atoms. The zero-order valence-electron chi connectivity index (χ0n) is 12.2. The fraction of sp³-hybridized carbons (Fsp3) is 1.00. The van der Waals surface area contributed by atoms with Gasteiger partial charge < -0.3 is 19.1 Å². The first-order chi connectivity index (χ1) is 8.76. The molecule has 0 aliphatic heterocycles. The van der Waals surface area contributed by atoms with Crippen LogP contribution in [0.3, 0.4) is 0 Å². The van der Waals surface area contributed by atoms with Crippen molar-refractivity contribution >= 4 is 0 Å². The summed E-state index contributed by atoms with van der Waals surface area (Å²) in [5.41, 5.74) is 0. The number of hydrogen-bond donors (Lipinski definition) is 0. The molecule has 0 aromatic rings. The Kier molecular flexibility index (Phi) is 8.59. The summed E-state index contributed by atoms with van der Waals surface area (Å²) in [6, 6.07) is 0. The van der Waals surface area contributed by atoms with Crippen LogP contribution in [0.4, 0.5) is 0 Å². The minimum absolute atomic E-state index is 0.0603. The van der Waals surface area contributed by atoms with E-state index < -0.39 is 0 Å². The molecule has 0 atom stereocenters. The van der Waals surface area contributed by atoms with Gasteiger partial charge in [0.15, 0.2) is 6.29 Å². The highest BCUT2D eigenvalue weighted by atomic mass is 16.7. The summed E-state index contributed by atoms with van der Waals surface area (Å²) in [5.74, 6) is 0.857. The number of rotatable bonds is 12. The molecule has 0 N–H and O–H groups in total. The number of likely N-dealkylation sites (N-methyl/N-ethyl adjacent to an activating group) is 1. The van der Waals surface area contributed by atoms with E-state index in [1.54, 1.807) is 0 Å². The predicted octanol–water partition coefficient (Wildman–Crippen LogP) is 2.13. The third kappa shape index (κ3) is 8.03. The van der Waals surface area contributed by atoms with E-state index >= 15 is 0 Å². The average molecular weight is 259 g/mol. The summed E-state index contributed by atoms with van der Waals surface area (Å²) in [4.78, 5) is 2.28. The molecule has 0 bridgehead atoms. The van der Waals surface area contributed by atoms with Crippen molar-refractivity contribution in [2.45, 2.75) is 39.4 Å². The normalized spacial score (nSPS) is 15.8. The molecule has 0 aromatic carbocycles. The van der Waals surface area contributed by atoms with E-state index in [0.29, 0.717) is 13.2 Å². The van der Waals surface area contributed by atoms with Crippen LogP contribution in [0.2, 0.25) is 0 Å². The number of nitrogens with zero attached hydrogens (tertiary/aromatic N) is 1. The Hall–Kier alpha value is -0.160. The van der Waals surface area contributed by atoms with E-state index in [2.05, 4.69) is 11.9 Å². The molecule has 0 amide bonds. The maximum absolute atomic E-state index is 5.63. The molecule has 108 valence electrons. The monoisotopic (exact) mass is 259 g/mol. The van der Waals surface area contributed by atoms with Gasteiger partial charge in [-0.15, -0.1) is 0 Å². The minimum atomic E-state index is -0.0603. The van der Waals surface area contributed by atoms with Crippen molar-refractivity contribution in [1.29, 1.82) is 0 Å². The summed E-state index contributed by atoms with van der Waals surface area (Å²) in [6.45, 7) is 9.17. The fourth-order valence-corrected chi connectivity index (χ4v) is 1.78. The average Bonchev–Trinajstić information content (AvgIpc) is 3.16. The highest BCUT2D eigenvalue weighted by Crippen LogP contribution is 2.28. The maximum Gasteiger partial charge on any atom is 0.158 e. The highest BCUT2D eigenvalue weighted by molar-refractivity contribution is 4.72. The van der Waals surface area contributed by atoms with Crippen LogP contribution in [0.25, 0.3) is 0 Å². The molecule has 0 aromatic heterocycles. The summed E-state index contributed by atoms with van der Waals surface area (Å²) < 4.78 is 16.7. The largest absolute Gasteiger partial charge is 0.380 e. The fourth-order valence-electron chi connectivity index (χ4n) is 1.78. The van der Waals surface area contributed by atoms with Crippen LogP contribution in [0.15, 0.2) is 0 Å². The second-order valence-electron chi connectivity index (χ2n) is 4.95. The van der Waals surface area contributed by atoms with Crippen LogP contribution in [0, 0.1) is 5.92 Å². The standard InChI is InChI=1S/C14H29NO3/c1-4-17-14(18-5-2)8-9-15(3)10-11-16-12-13-6-7-13/h13-14H,4-12H2,1-3H3. The third-order valence-electron chi connectivity index (χ3n) is 3.12. The molecule has 0 radical (unpaired) electrons. The van der Waals surface area contributed by atoms with Crippen LogP contribution in [0.1, 0.15) is 33.1 Å². The molecular formula is C14H29NO3. The van der Waals surface area contributed by atoms with Gasteiger partial charge in [-0.1, -0.05) is 0 Å². The van der Waals surface area contributed by atoms with Crippen molar-refractivity contribution in [1.82, 2.24) is 4.90 Å². The molecule has 4 heteroatoms. The van der Waals surface area contributed by atoms with Gasteiger partial charge in [0.2, 0.25) is 0 Å². The van der Waals surface area contributed by atoms with E-state index in [4.69, 9.17) is 14.2 Å². The lowest BCUT2D eigenvalue weighted by Gasteiger charge is -2.21. The highest BCUT2D eigenvalue weighted by Gasteiger charge is 2.20. The lowest BCUT2D eigenvalue weighted by molar-refractivity contribution is -0.141. The molecule has 0 unspecified atom stereocenters. The zero-order valence-corrected chi connectivity index (χ0v) is 12.2. The molecule has 1 rings (SSSR count). The molecule has 1 saturated carbocycles. The Morgan fingerprint density at radius 2 is 1.78 bits per heavy atom. The molecule has 18 heavy (non-hydrogen) atoms. The van der Waals surface area contributed by atoms with Crippen LogP contribution in [0.5, 0.6) is 0 Å². The van der Waals surface area contributed by atoms with Gasteiger partial charge in [-0.05, 0) is 39.7 Å². The lowest BCUT2D eigenvalue weighted by Crippen LogP contribution is -2.29. The van der Waals surface area contributed by atoms with Crippen LogP contribution < -0.4 is 0 Å². The molecule has 1 aliphatic carbocycles. The lowest BCUT2D eigenvalue weighted by atomic mass is 10.3. The Balaban J connectivity index is 1.96. The first kappa shape index (κ1) is 15.9. The molecule has 0 heterocycles. The van der Waals surface area contributed by atoms with Crippen LogP contribution in [-0.4, -0.2) is 57.8 Å². The van der Waals surface area contributed by atoms with Gasteiger partial charge in [0.25, 0.3) is 0 Å². The van der Waals surface area contributed by atoms with E-state index in [-0.39, 0.29) is 6.29 Å². The summed E-state index contributed by atoms with van der Waals surface area (Å²) in [5, 5.41) is 0. The van der Waals surface area contributed by atoms with Crippen molar-refractivity contribution in [2.75, 3.05) is 46.6 Å². The molecular weight excluding hydrogens is 230 g/mol. The summed E-state index contributed by atoms with van der Waals surface area (Å²) in [7, 11) is 2.12. The van der Waals surface area contributed by atoms with Gasteiger partial charge in [-0.25, -0.2) is 0 Å². The quantitative estimate of drug-likeness (QED) is 0.397. The van der Waals surface area contributed by atoms with Crippen molar-refractivity contribution in [2.24, 2.45) is 5.92 Å². The van der Waals surface area contributed by atoms with Gasteiger partial charge >= 0.3 is 0 Å². The van der Waals surface area contributed by atoms with Crippen molar-refractivity contribution in [3.63, 3.8) is 0 Å². The van der Waals surface area contributed by atoms with Crippen molar-refractivity contribution in [3.05, 3.63) is 0 Å². The minimum Gasteiger partial charge on any atom is -0.380 e. The van der Waals surface area contributed by atoms with Gasteiger partial charge in [0.05, 0.1) is 6.61 Å². The predicted molar refractivity (Wildman–Crippen MR) is 72.7 cm³/mol. The van der Waals surface area contributed by atoms with Crippen LogP contribution in [-0.2, 0) is 14.2 Å². The smallest absolute Gasteiger partial charge is 0.158 e. The summed E-state index contributed by atoms with van der Waals surface area (Å²) >= 11 is 0. The maximum atomic E-state index is 5.63. The van der Waals surface area contributed by atoms with Crippen molar-refractivity contribution < 1.29 is 14.2 Å². The zero-order chi connectivity index (χ0) is 13.2. The van der Waals surface area contributed by atoms with Gasteiger partial charge in [0.1, 0.15) is 0 Å². The molecule has 4 nitrogen and oxygen atoms in total.